The molecule has 1 fully saturated rings. The smallest absolute Gasteiger partial charge is 0.329 e. The van der Waals surface area contributed by atoms with Gasteiger partial charge in [0.2, 0.25) is 5.91 Å². The van der Waals surface area contributed by atoms with Crippen LogP contribution in [0.25, 0.3) is 0 Å². The highest BCUT2D eigenvalue weighted by atomic mass is 16.5. The fourth-order valence-corrected chi connectivity index (χ4v) is 2.57. The van der Waals surface area contributed by atoms with Crippen molar-refractivity contribution in [2.45, 2.75) is 39.0 Å². The van der Waals surface area contributed by atoms with E-state index < -0.39 is 12.1 Å². The number of carbonyl (C=O) groups excluding carboxylic acids is 2. The summed E-state index contributed by atoms with van der Waals surface area (Å²) in [6, 6.07) is 8.44. The van der Waals surface area contributed by atoms with Crippen molar-refractivity contribution in [2.75, 3.05) is 6.54 Å². The van der Waals surface area contributed by atoms with Crippen LogP contribution < -0.4 is 5.73 Å². The Bertz CT molecular complexity index is 502. The fourth-order valence-electron chi connectivity index (χ4n) is 2.57. The molecule has 1 aromatic carbocycles. The molecular weight excluding hydrogens is 268 g/mol. The first kappa shape index (κ1) is 15.5. The minimum atomic E-state index is -0.560. The number of hydrogen-bond donors (Lipinski definition) is 1. The maximum absolute atomic E-state index is 12.3. The molecular formula is C16H22N2O3. The molecule has 0 saturated carbocycles. The Hall–Kier alpha value is -1.88. The summed E-state index contributed by atoms with van der Waals surface area (Å²) in [6.45, 7) is 4.55. The molecule has 114 valence electrons. The zero-order chi connectivity index (χ0) is 15.4. The number of ether oxygens (including phenoxy) is 1. The molecule has 0 aromatic heterocycles. The first-order valence-electron chi connectivity index (χ1n) is 7.27. The maximum Gasteiger partial charge on any atom is 0.329 e. The summed E-state index contributed by atoms with van der Waals surface area (Å²) >= 11 is 0. The largest absolute Gasteiger partial charge is 0.459 e. The minimum absolute atomic E-state index is 0.0116. The number of rotatable bonds is 5. The predicted octanol–water partition coefficient (Wildman–Crippen LogP) is 1.31. The van der Waals surface area contributed by atoms with Crippen molar-refractivity contribution in [3.8, 4) is 0 Å². The molecule has 0 spiro atoms. The van der Waals surface area contributed by atoms with Gasteiger partial charge in [0.15, 0.2) is 0 Å². The van der Waals surface area contributed by atoms with Gasteiger partial charge < -0.3 is 15.4 Å². The molecule has 5 heteroatoms. The number of amides is 1. The number of nitrogens with zero attached hydrogens (tertiary/aromatic N) is 1. The van der Waals surface area contributed by atoms with Crippen molar-refractivity contribution in [3.05, 3.63) is 35.9 Å². The van der Waals surface area contributed by atoms with Gasteiger partial charge in [0.25, 0.3) is 0 Å². The lowest BCUT2D eigenvalue weighted by Gasteiger charge is -2.29. The first-order chi connectivity index (χ1) is 10.0. The van der Waals surface area contributed by atoms with E-state index in [2.05, 4.69) is 0 Å². The predicted molar refractivity (Wildman–Crippen MR) is 79.2 cm³/mol. The van der Waals surface area contributed by atoms with E-state index in [9.17, 15) is 9.59 Å². The zero-order valence-corrected chi connectivity index (χ0v) is 12.5. The highest BCUT2D eigenvalue weighted by molar-refractivity contribution is 5.89. The topological polar surface area (TPSA) is 72.6 Å². The molecule has 2 N–H and O–H groups in total. The molecule has 0 radical (unpaired) electrons. The quantitative estimate of drug-likeness (QED) is 0.830. The zero-order valence-electron chi connectivity index (χ0n) is 12.5. The van der Waals surface area contributed by atoms with Crippen molar-refractivity contribution in [1.82, 2.24) is 4.90 Å². The third kappa shape index (κ3) is 3.61. The van der Waals surface area contributed by atoms with Gasteiger partial charge in [-0.3, -0.25) is 4.79 Å². The van der Waals surface area contributed by atoms with Gasteiger partial charge in [0, 0.05) is 6.54 Å². The Morgan fingerprint density at radius 3 is 2.57 bits per heavy atom. The van der Waals surface area contributed by atoms with Crippen LogP contribution in [0.5, 0.6) is 0 Å². The lowest BCUT2D eigenvalue weighted by Crippen LogP contribution is -2.48. The first-order valence-corrected chi connectivity index (χ1v) is 7.27. The second-order valence-electron chi connectivity index (χ2n) is 5.71. The van der Waals surface area contributed by atoms with E-state index >= 15 is 0 Å². The SMILES string of the molecule is CC(C)C(C(=O)OCc1ccccc1)N1CCC(N)C1=O. The second-order valence-corrected chi connectivity index (χ2v) is 5.71. The Kier molecular flexibility index (Phi) is 4.96. The Labute approximate surface area is 125 Å². The summed E-state index contributed by atoms with van der Waals surface area (Å²) < 4.78 is 5.37. The normalized spacial score (nSPS) is 19.9. The monoisotopic (exact) mass is 290 g/mol. The molecule has 21 heavy (non-hydrogen) atoms. The molecule has 2 unspecified atom stereocenters. The van der Waals surface area contributed by atoms with Gasteiger partial charge in [-0.1, -0.05) is 44.2 Å². The molecule has 0 aliphatic carbocycles. The Morgan fingerprint density at radius 2 is 2.05 bits per heavy atom. The molecule has 1 amide bonds. The molecule has 2 atom stereocenters. The Morgan fingerprint density at radius 1 is 1.38 bits per heavy atom. The number of carbonyl (C=O) groups is 2. The van der Waals surface area contributed by atoms with Crippen LogP contribution in [0.4, 0.5) is 0 Å². The molecule has 2 rings (SSSR count). The van der Waals surface area contributed by atoms with Gasteiger partial charge in [0.1, 0.15) is 12.6 Å². The average molecular weight is 290 g/mol. The van der Waals surface area contributed by atoms with E-state index in [4.69, 9.17) is 10.5 Å². The molecule has 1 heterocycles. The summed E-state index contributed by atoms with van der Waals surface area (Å²) in [5.41, 5.74) is 6.66. The van der Waals surface area contributed by atoms with Crippen molar-refractivity contribution >= 4 is 11.9 Å². The number of esters is 1. The van der Waals surface area contributed by atoms with Gasteiger partial charge in [-0.15, -0.1) is 0 Å². The van der Waals surface area contributed by atoms with Crippen molar-refractivity contribution in [1.29, 1.82) is 0 Å². The van der Waals surface area contributed by atoms with Crippen LogP contribution in [0.3, 0.4) is 0 Å². The second kappa shape index (κ2) is 6.72. The van der Waals surface area contributed by atoms with Crippen molar-refractivity contribution in [2.24, 2.45) is 11.7 Å². The number of nitrogens with two attached hydrogens (primary N) is 1. The van der Waals surface area contributed by atoms with Crippen LogP contribution in [-0.4, -0.2) is 35.4 Å². The van der Waals surface area contributed by atoms with Crippen LogP contribution >= 0.6 is 0 Å². The average Bonchev–Trinajstić information content (AvgIpc) is 2.78. The van der Waals surface area contributed by atoms with Gasteiger partial charge in [-0.25, -0.2) is 4.79 Å². The van der Waals surface area contributed by atoms with E-state index in [1.165, 1.54) is 0 Å². The van der Waals surface area contributed by atoms with Gasteiger partial charge in [-0.2, -0.15) is 0 Å². The van der Waals surface area contributed by atoms with Gasteiger partial charge in [0.05, 0.1) is 6.04 Å². The van der Waals surface area contributed by atoms with Crippen LogP contribution in [0.15, 0.2) is 30.3 Å². The molecule has 1 aliphatic rings. The molecule has 1 saturated heterocycles. The van der Waals surface area contributed by atoms with E-state index in [0.717, 1.165) is 5.56 Å². The van der Waals surface area contributed by atoms with Crippen LogP contribution in [0, 0.1) is 5.92 Å². The number of benzene rings is 1. The summed E-state index contributed by atoms with van der Waals surface area (Å²) in [6.07, 6.45) is 0.591. The van der Waals surface area contributed by atoms with Gasteiger partial charge >= 0.3 is 5.97 Å². The molecule has 1 aliphatic heterocycles. The molecule has 5 nitrogen and oxygen atoms in total. The van der Waals surface area contributed by atoms with Gasteiger partial charge in [-0.05, 0) is 17.9 Å². The van der Waals surface area contributed by atoms with E-state index in [1.54, 1.807) is 4.90 Å². The summed E-state index contributed by atoms with van der Waals surface area (Å²) in [4.78, 5) is 25.9. The standard InChI is InChI=1S/C16H22N2O3/c1-11(2)14(18-9-8-13(17)15(18)19)16(20)21-10-12-6-4-3-5-7-12/h3-7,11,13-14H,8-10,17H2,1-2H3. The molecule has 1 aromatic rings. The van der Waals surface area contributed by atoms with Crippen molar-refractivity contribution < 1.29 is 14.3 Å². The van der Waals surface area contributed by atoms with E-state index in [-0.39, 0.29) is 24.4 Å². The molecule has 0 bridgehead atoms. The maximum atomic E-state index is 12.3. The third-order valence-corrected chi connectivity index (χ3v) is 3.71. The van der Waals surface area contributed by atoms with Crippen LogP contribution in [0.1, 0.15) is 25.8 Å². The van der Waals surface area contributed by atoms with E-state index in [1.807, 2.05) is 44.2 Å². The minimum Gasteiger partial charge on any atom is -0.459 e. The number of hydrogen-bond acceptors (Lipinski definition) is 4. The van der Waals surface area contributed by atoms with E-state index in [0.29, 0.717) is 13.0 Å². The lowest BCUT2D eigenvalue weighted by atomic mass is 10.0. The summed E-state index contributed by atoms with van der Waals surface area (Å²) in [5.74, 6) is -0.538. The Balaban J connectivity index is 2.01. The third-order valence-electron chi connectivity index (χ3n) is 3.71. The summed E-state index contributed by atoms with van der Waals surface area (Å²) in [5, 5.41) is 0. The summed E-state index contributed by atoms with van der Waals surface area (Å²) in [7, 11) is 0. The fraction of sp³-hybridized carbons (Fsp3) is 0.500. The van der Waals surface area contributed by atoms with Crippen LogP contribution in [0.2, 0.25) is 0 Å². The highest BCUT2D eigenvalue weighted by Crippen LogP contribution is 2.20. The highest BCUT2D eigenvalue weighted by Gasteiger charge is 2.39. The van der Waals surface area contributed by atoms with Crippen molar-refractivity contribution in [3.63, 3.8) is 0 Å². The van der Waals surface area contributed by atoms with Crippen LogP contribution in [-0.2, 0) is 20.9 Å². The number of likely N-dealkylation sites (tertiary alicyclic amines) is 1. The lowest BCUT2D eigenvalue weighted by molar-refractivity contribution is -0.157.